The monoisotopic (exact) mass is 507 g/mol. The van der Waals surface area contributed by atoms with E-state index in [0.29, 0.717) is 35.1 Å². The fourth-order valence-corrected chi connectivity index (χ4v) is 4.13. The Labute approximate surface area is 216 Å². The lowest BCUT2D eigenvalue weighted by atomic mass is 10.1. The maximum atomic E-state index is 11.6. The van der Waals surface area contributed by atoms with Gasteiger partial charge in [0.15, 0.2) is 0 Å². The minimum Gasteiger partial charge on any atom is -0.493 e. The highest BCUT2D eigenvalue weighted by atomic mass is 35.5. The zero-order chi connectivity index (χ0) is 25.3. The topological polar surface area (TPSA) is 88.6 Å². The molecule has 0 saturated carbocycles. The molecule has 1 aliphatic rings. The molecular formula is C27H30ClN5O3. The second-order valence-electron chi connectivity index (χ2n) is 8.50. The van der Waals surface area contributed by atoms with Crippen molar-refractivity contribution in [2.45, 2.75) is 19.4 Å². The largest absolute Gasteiger partial charge is 0.493 e. The number of halogens is 1. The number of nitrogens with one attached hydrogen (secondary N) is 2. The van der Waals surface area contributed by atoms with Crippen molar-refractivity contribution in [1.29, 1.82) is 0 Å². The van der Waals surface area contributed by atoms with E-state index in [0.717, 1.165) is 49.7 Å². The zero-order valence-corrected chi connectivity index (χ0v) is 21.0. The summed E-state index contributed by atoms with van der Waals surface area (Å²) in [6.45, 7) is 9.94. The van der Waals surface area contributed by atoms with E-state index in [1.165, 1.54) is 6.08 Å². The van der Waals surface area contributed by atoms with Gasteiger partial charge in [-0.3, -0.25) is 9.69 Å². The van der Waals surface area contributed by atoms with Gasteiger partial charge in [0.05, 0.1) is 36.2 Å². The molecule has 1 aliphatic heterocycles. The van der Waals surface area contributed by atoms with Gasteiger partial charge in [-0.1, -0.05) is 36.4 Å². The van der Waals surface area contributed by atoms with Crippen LogP contribution in [0.2, 0.25) is 5.02 Å². The van der Waals surface area contributed by atoms with E-state index < -0.39 is 0 Å². The third kappa shape index (κ3) is 7.27. The third-order valence-corrected chi connectivity index (χ3v) is 5.91. The first-order valence-electron chi connectivity index (χ1n) is 11.9. The molecule has 0 bridgehead atoms. The summed E-state index contributed by atoms with van der Waals surface area (Å²) in [6.07, 6.45) is 4.00. The molecule has 0 radical (unpaired) electrons. The van der Waals surface area contributed by atoms with Crippen molar-refractivity contribution in [3.8, 4) is 17.0 Å². The van der Waals surface area contributed by atoms with Gasteiger partial charge in [0.25, 0.3) is 0 Å². The number of benzene rings is 2. The Hall–Kier alpha value is -3.46. The van der Waals surface area contributed by atoms with Crippen LogP contribution >= 0.6 is 11.6 Å². The summed E-state index contributed by atoms with van der Waals surface area (Å²) in [4.78, 5) is 23.0. The number of nitrogens with zero attached hydrogens (tertiary/aromatic N) is 3. The predicted octanol–water partition coefficient (Wildman–Crippen LogP) is 5.15. The van der Waals surface area contributed by atoms with Gasteiger partial charge in [-0.15, -0.1) is 0 Å². The van der Waals surface area contributed by atoms with Crippen LogP contribution in [0.15, 0.2) is 67.4 Å². The molecular weight excluding hydrogens is 478 g/mol. The first kappa shape index (κ1) is 25.6. The molecule has 1 fully saturated rings. The molecule has 2 N–H and O–H groups in total. The number of ether oxygens (including phenoxy) is 2. The van der Waals surface area contributed by atoms with Gasteiger partial charge in [-0.2, -0.15) is 0 Å². The summed E-state index contributed by atoms with van der Waals surface area (Å²) >= 11 is 6.39. The molecule has 188 valence electrons. The van der Waals surface area contributed by atoms with Crippen molar-refractivity contribution >= 4 is 34.8 Å². The molecule has 2 aromatic carbocycles. The highest BCUT2D eigenvalue weighted by molar-refractivity contribution is 6.33. The van der Waals surface area contributed by atoms with Crippen molar-refractivity contribution < 1.29 is 14.3 Å². The van der Waals surface area contributed by atoms with Crippen LogP contribution in [-0.4, -0.2) is 59.7 Å². The Bertz CT molecular complexity index is 1210. The van der Waals surface area contributed by atoms with Gasteiger partial charge in [0.1, 0.15) is 5.75 Å². The number of anilines is 3. The highest BCUT2D eigenvalue weighted by Crippen LogP contribution is 2.29. The van der Waals surface area contributed by atoms with Gasteiger partial charge in [0.2, 0.25) is 11.9 Å². The first-order valence-corrected chi connectivity index (χ1v) is 12.3. The molecule has 8 nitrogen and oxygen atoms in total. The lowest BCUT2D eigenvalue weighted by Gasteiger charge is -2.30. The zero-order valence-electron chi connectivity index (χ0n) is 20.2. The Morgan fingerprint density at radius 3 is 2.94 bits per heavy atom. The normalized spacial score (nSPS) is 15.8. The standard InChI is InChI=1S/C27H30ClN5O3/c1-3-25(34)30-21-8-4-7-20(15-21)26-24(28)17-29-27(32-26)31-22-9-5-10-23(16-22)36-13-6-11-33-12-14-35-19(2)18-33/h3-5,7-10,15-17,19H,1,6,11-14,18H2,2H3,(H,30,34)(H,29,31,32). The number of carbonyl (C=O) groups is 1. The summed E-state index contributed by atoms with van der Waals surface area (Å²) < 4.78 is 11.6. The third-order valence-electron chi connectivity index (χ3n) is 5.64. The lowest BCUT2D eigenvalue weighted by Crippen LogP contribution is -2.41. The molecule has 2 heterocycles. The van der Waals surface area contributed by atoms with Crippen LogP contribution in [0, 0.1) is 0 Å². The summed E-state index contributed by atoms with van der Waals surface area (Å²) in [5.74, 6) is 0.879. The Morgan fingerprint density at radius 2 is 2.11 bits per heavy atom. The van der Waals surface area contributed by atoms with Crippen LogP contribution in [0.3, 0.4) is 0 Å². The number of hydrogen-bond acceptors (Lipinski definition) is 7. The van der Waals surface area contributed by atoms with E-state index in [9.17, 15) is 4.79 Å². The Kier molecular flexibility index (Phi) is 8.89. The summed E-state index contributed by atoms with van der Waals surface area (Å²) in [5.41, 5.74) is 2.72. The van der Waals surface area contributed by atoms with Gasteiger partial charge >= 0.3 is 0 Å². The predicted molar refractivity (Wildman–Crippen MR) is 143 cm³/mol. The van der Waals surface area contributed by atoms with E-state index in [-0.39, 0.29) is 5.91 Å². The SMILES string of the molecule is C=CC(=O)Nc1cccc(-c2nc(Nc3cccc(OCCCN4CCOC(C)C4)c3)ncc2Cl)c1. The van der Waals surface area contributed by atoms with Crippen LogP contribution in [-0.2, 0) is 9.53 Å². The molecule has 0 spiro atoms. The number of rotatable bonds is 10. The molecule has 36 heavy (non-hydrogen) atoms. The summed E-state index contributed by atoms with van der Waals surface area (Å²) in [6, 6.07) is 15.0. The lowest BCUT2D eigenvalue weighted by molar-refractivity contribution is -0.111. The van der Waals surface area contributed by atoms with Gasteiger partial charge < -0.3 is 20.1 Å². The van der Waals surface area contributed by atoms with Crippen molar-refractivity contribution in [2.24, 2.45) is 0 Å². The average Bonchev–Trinajstić information content (AvgIpc) is 2.88. The van der Waals surface area contributed by atoms with E-state index in [2.05, 4.69) is 39.0 Å². The fourth-order valence-electron chi connectivity index (χ4n) is 3.93. The average molecular weight is 508 g/mol. The van der Waals surface area contributed by atoms with Crippen molar-refractivity contribution in [3.05, 3.63) is 72.4 Å². The Balaban J connectivity index is 1.37. The summed E-state index contributed by atoms with van der Waals surface area (Å²) in [5, 5.41) is 6.36. The molecule has 9 heteroatoms. The van der Waals surface area contributed by atoms with Gasteiger partial charge in [0, 0.05) is 42.6 Å². The minimum atomic E-state index is -0.291. The van der Waals surface area contributed by atoms with E-state index in [4.69, 9.17) is 21.1 Å². The van der Waals surface area contributed by atoms with Crippen LogP contribution in [0.25, 0.3) is 11.3 Å². The van der Waals surface area contributed by atoms with Crippen LogP contribution < -0.4 is 15.4 Å². The van der Waals surface area contributed by atoms with E-state index >= 15 is 0 Å². The fraction of sp³-hybridized carbons (Fsp3) is 0.296. The second-order valence-corrected chi connectivity index (χ2v) is 8.91. The maximum absolute atomic E-state index is 11.6. The smallest absolute Gasteiger partial charge is 0.247 e. The van der Waals surface area contributed by atoms with Gasteiger partial charge in [-0.25, -0.2) is 9.97 Å². The molecule has 3 aromatic rings. The van der Waals surface area contributed by atoms with E-state index in [1.807, 2.05) is 36.4 Å². The van der Waals surface area contributed by atoms with Crippen molar-refractivity contribution in [2.75, 3.05) is 43.5 Å². The van der Waals surface area contributed by atoms with E-state index in [1.54, 1.807) is 18.3 Å². The number of carbonyl (C=O) groups excluding carboxylic acids is 1. The minimum absolute atomic E-state index is 0.291. The highest BCUT2D eigenvalue weighted by Gasteiger charge is 2.16. The number of morpholine rings is 1. The van der Waals surface area contributed by atoms with Crippen molar-refractivity contribution in [1.82, 2.24) is 14.9 Å². The quantitative estimate of drug-likeness (QED) is 0.289. The number of hydrogen-bond donors (Lipinski definition) is 2. The molecule has 1 amide bonds. The van der Waals surface area contributed by atoms with Crippen molar-refractivity contribution in [3.63, 3.8) is 0 Å². The molecule has 4 rings (SSSR count). The molecule has 1 saturated heterocycles. The molecule has 1 aromatic heterocycles. The van der Waals surface area contributed by atoms with Crippen LogP contribution in [0.4, 0.5) is 17.3 Å². The number of aromatic nitrogens is 2. The maximum Gasteiger partial charge on any atom is 0.247 e. The number of amides is 1. The second kappa shape index (κ2) is 12.5. The first-order chi connectivity index (χ1) is 17.5. The Morgan fingerprint density at radius 1 is 1.28 bits per heavy atom. The molecule has 0 aliphatic carbocycles. The van der Waals surface area contributed by atoms with Crippen LogP contribution in [0.1, 0.15) is 13.3 Å². The molecule has 1 unspecified atom stereocenters. The molecule has 1 atom stereocenters. The summed E-state index contributed by atoms with van der Waals surface area (Å²) in [7, 11) is 0. The van der Waals surface area contributed by atoms with Crippen LogP contribution in [0.5, 0.6) is 5.75 Å². The van der Waals surface area contributed by atoms with Gasteiger partial charge in [-0.05, 0) is 43.7 Å².